The van der Waals surface area contributed by atoms with Crippen LogP contribution >= 0.6 is 11.3 Å². The van der Waals surface area contributed by atoms with Gasteiger partial charge in [-0.05, 0) is 37.3 Å². The van der Waals surface area contributed by atoms with Crippen LogP contribution in [0.5, 0.6) is 0 Å². The highest BCUT2D eigenvalue weighted by Crippen LogP contribution is 2.19. The number of benzene rings is 2. The summed E-state index contributed by atoms with van der Waals surface area (Å²) in [6.45, 7) is 0.251. The van der Waals surface area contributed by atoms with Gasteiger partial charge >= 0.3 is 6.18 Å². The normalized spacial score (nSPS) is 12.4. The zero-order valence-electron chi connectivity index (χ0n) is 22.0. The van der Waals surface area contributed by atoms with E-state index in [2.05, 4.69) is 5.32 Å². The number of para-hydroxylation sites is 1. The molecule has 1 aromatic heterocycles. The lowest BCUT2D eigenvalue weighted by molar-refractivity contribution is -0.135. The number of hydrogen-bond donors (Lipinski definition) is 2. The number of aromatic nitrogens is 1. The second-order valence-corrected chi connectivity index (χ2v) is 9.62. The maximum absolute atomic E-state index is 12.9. The van der Waals surface area contributed by atoms with Crippen LogP contribution in [0.4, 0.5) is 30.2 Å². The summed E-state index contributed by atoms with van der Waals surface area (Å²) in [5.41, 5.74) is 0.952. The number of halogens is 3. The zero-order chi connectivity index (χ0) is 29.4. The molecule has 3 rings (SSSR count). The first-order chi connectivity index (χ1) is 18.9. The first-order valence-electron chi connectivity index (χ1n) is 12.0. The maximum Gasteiger partial charge on any atom is 0.405 e. The highest BCUT2D eigenvalue weighted by Gasteiger charge is 2.29. The second-order valence-electron chi connectivity index (χ2n) is 8.59. The van der Waals surface area contributed by atoms with Crippen LogP contribution in [-0.2, 0) is 16.1 Å². The SMILES string of the molecule is CCn1c(=C(C#N)C(=O)NCC(F)(F)F)sc(=CNc2cccc(N(C)C(=O)CN(C)c3ccccc3)c2)c1=O. The van der Waals surface area contributed by atoms with Gasteiger partial charge in [0.05, 0.1) is 6.54 Å². The van der Waals surface area contributed by atoms with Gasteiger partial charge in [0.15, 0.2) is 5.57 Å². The fourth-order valence-electron chi connectivity index (χ4n) is 3.64. The number of thiazole rings is 1. The number of carbonyl (C=O) groups is 2. The Morgan fingerprint density at radius 2 is 1.77 bits per heavy atom. The molecule has 2 aromatic carbocycles. The maximum atomic E-state index is 12.9. The highest BCUT2D eigenvalue weighted by atomic mass is 32.1. The average molecular weight is 573 g/mol. The molecule has 2 N–H and O–H groups in total. The largest absolute Gasteiger partial charge is 0.405 e. The van der Waals surface area contributed by atoms with E-state index in [-0.39, 0.29) is 28.2 Å². The van der Waals surface area contributed by atoms with E-state index in [1.54, 1.807) is 49.6 Å². The summed E-state index contributed by atoms with van der Waals surface area (Å²) in [5, 5.41) is 14.1. The Balaban J connectivity index is 1.84. The van der Waals surface area contributed by atoms with Crippen molar-refractivity contribution in [1.82, 2.24) is 9.88 Å². The van der Waals surface area contributed by atoms with Crippen molar-refractivity contribution in [3.63, 3.8) is 0 Å². The van der Waals surface area contributed by atoms with E-state index >= 15 is 0 Å². The number of carbonyl (C=O) groups excluding carboxylic acids is 2. The molecule has 2 amide bonds. The van der Waals surface area contributed by atoms with Crippen LogP contribution in [0.1, 0.15) is 6.92 Å². The van der Waals surface area contributed by atoms with Crippen LogP contribution in [0, 0.1) is 11.3 Å². The fourth-order valence-corrected chi connectivity index (χ4v) is 4.72. The minimum Gasteiger partial charge on any atom is -0.365 e. The monoisotopic (exact) mass is 572 g/mol. The van der Waals surface area contributed by atoms with Crippen LogP contribution in [0.15, 0.2) is 59.4 Å². The number of hydrogen-bond acceptors (Lipinski definition) is 7. The summed E-state index contributed by atoms with van der Waals surface area (Å²) in [6.07, 6.45) is -3.26. The third kappa shape index (κ3) is 7.51. The molecular formula is C27H27F3N6O3S. The molecule has 0 radical (unpaired) electrons. The number of rotatable bonds is 9. The van der Waals surface area contributed by atoms with E-state index in [9.17, 15) is 32.8 Å². The average Bonchev–Trinajstić information content (AvgIpc) is 3.25. The summed E-state index contributed by atoms with van der Waals surface area (Å²) in [5.74, 6) is -1.37. The van der Waals surface area contributed by atoms with Crippen molar-refractivity contribution >= 4 is 52.0 Å². The molecule has 40 heavy (non-hydrogen) atoms. The quantitative estimate of drug-likeness (QED) is 0.407. The minimum atomic E-state index is -4.65. The van der Waals surface area contributed by atoms with Crippen molar-refractivity contribution in [2.75, 3.05) is 42.3 Å². The van der Waals surface area contributed by atoms with Crippen molar-refractivity contribution in [3.05, 3.63) is 74.1 Å². The van der Waals surface area contributed by atoms with Gasteiger partial charge in [-0.2, -0.15) is 18.4 Å². The van der Waals surface area contributed by atoms with Gasteiger partial charge in [-0.3, -0.25) is 19.0 Å². The summed E-state index contributed by atoms with van der Waals surface area (Å²) in [7, 11) is 3.47. The van der Waals surface area contributed by atoms with E-state index in [1.807, 2.05) is 42.3 Å². The Morgan fingerprint density at radius 1 is 1.10 bits per heavy atom. The predicted molar refractivity (Wildman–Crippen MR) is 149 cm³/mol. The van der Waals surface area contributed by atoms with Gasteiger partial charge in [0.1, 0.15) is 21.8 Å². The summed E-state index contributed by atoms with van der Waals surface area (Å²) in [4.78, 5) is 41.4. The standard InChI is InChI=1S/C27H27F3N6O3S/c1-4-36-25(39)22(40-26(36)21(14-31)24(38)33-17-27(28,29)30)15-32-18-9-8-12-20(13-18)35(3)23(37)16-34(2)19-10-6-5-7-11-19/h5-13,15,32H,4,16-17H2,1-3H3,(H,33,38). The molecule has 0 aliphatic carbocycles. The molecule has 0 saturated heterocycles. The zero-order valence-corrected chi connectivity index (χ0v) is 22.8. The van der Waals surface area contributed by atoms with Crippen LogP contribution in [0.3, 0.4) is 0 Å². The van der Waals surface area contributed by atoms with E-state index in [1.165, 1.54) is 11.1 Å². The molecule has 0 aliphatic rings. The third-order valence-electron chi connectivity index (χ3n) is 5.77. The molecule has 210 valence electrons. The van der Waals surface area contributed by atoms with Crippen LogP contribution in [0.25, 0.3) is 11.8 Å². The van der Waals surface area contributed by atoms with Gasteiger partial charge in [-0.15, -0.1) is 11.3 Å². The number of nitriles is 1. The van der Waals surface area contributed by atoms with E-state index in [0.29, 0.717) is 11.4 Å². The van der Waals surface area contributed by atoms with E-state index < -0.39 is 29.8 Å². The van der Waals surface area contributed by atoms with E-state index in [4.69, 9.17) is 0 Å². The Morgan fingerprint density at radius 3 is 2.40 bits per heavy atom. The number of likely N-dealkylation sites (N-methyl/N-ethyl adjacent to an activating group) is 2. The smallest absolute Gasteiger partial charge is 0.365 e. The summed E-state index contributed by atoms with van der Waals surface area (Å²) in [6, 6.07) is 18.0. The number of alkyl halides is 3. The minimum absolute atomic E-state index is 0.0515. The first kappa shape index (κ1) is 30.0. The lowest BCUT2D eigenvalue weighted by Crippen LogP contribution is -2.37. The Hall–Kier alpha value is -4.57. The van der Waals surface area contributed by atoms with Crippen LogP contribution < -0.4 is 35.2 Å². The van der Waals surface area contributed by atoms with Gasteiger partial charge in [-0.1, -0.05) is 24.3 Å². The number of amides is 2. The Bertz CT molecular complexity index is 1590. The molecule has 0 bridgehead atoms. The molecule has 0 spiro atoms. The van der Waals surface area contributed by atoms with Crippen molar-refractivity contribution < 1.29 is 22.8 Å². The fraction of sp³-hybridized carbons (Fsp3) is 0.259. The van der Waals surface area contributed by atoms with Gasteiger partial charge in [0.2, 0.25) is 5.91 Å². The van der Waals surface area contributed by atoms with Crippen molar-refractivity contribution in [3.8, 4) is 6.07 Å². The molecule has 0 saturated carbocycles. The molecule has 0 unspecified atom stereocenters. The summed E-state index contributed by atoms with van der Waals surface area (Å²) < 4.78 is 38.8. The molecule has 13 heteroatoms. The molecule has 3 aromatic rings. The van der Waals surface area contributed by atoms with Gasteiger partial charge in [-0.25, -0.2) is 0 Å². The number of nitrogens with zero attached hydrogens (tertiary/aromatic N) is 4. The highest BCUT2D eigenvalue weighted by molar-refractivity contribution is 7.07. The second kappa shape index (κ2) is 13.0. The number of anilines is 3. The van der Waals surface area contributed by atoms with Crippen LogP contribution in [-0.4, -0.2) is 49.7 Å². The Labute approximate surface area is 232 Å². The van der Waals surface area contributed by atoms with Crippen molar-refractivity contribution in [1.29, 1.82) is 5.26 Å². The molecule has 0 fully saturated rings. The van der Waals surface area contributed by atoms with Gasteiger partial charge in [0.25, 0.3) is 11.5 Å². The lowest BCUT2D eigenvalue weighted by atomic mass is 10.2. The molecule has 0 aliphatic heterocycles. The first-order valence-corrected chi connectivity index (χ1v) is 12.8. The van der Waals surface area contributed by atoms with Crippen molar-refractivity contribution in [2.24, 2.45) is 0 Å². The third-order valence-corrected chi connectivity index (χ3v) is 6.90. The van der Waals surface area contributed by atoms with Gasteiger partial charge in [0, 0.05) is 43.9 Å². The number of nitrogens with one attached hydrogen (secondary N) is 2. The predicted octanol–water partition coefficient (Wildman–Crippen LogP) is 2.23. The molecular weight excluding hydrogens is 545 g/mol. The molecule has 0 atom stereocenters. The van der Waals surface area contributed by atoms with Crippen LogP contribution in [0.2, 0.25) is 0 Å². The molecule has 1 heterocycles. The Kier molecular flexibility index (Phi) is 9.73. The van der Waals surface area contributed by atoms with E-state index in [0.717, 1.165) is 21.6 Å². The molecule has 9 nitrogen and oxygen atoms in total. The summed E-state index contributed by atoms with van der Waals surface area (Å²) >= 11 is 0.805. The van der Waals surface area contributed by atoms with Crippen molar-refractivity contribution in [2.45, 2.75) is 19.6 Å². The topological polar surface area (TPSA) is 110 Å². The van der Waals surface area contributed by atoms with Gasteiger partial charge < -0.3 is 20.4 Å². The lowest BCUT2D eigenvalue weighted by Gasteiger charge is -2.23.